The number of fused-ring (bicyclic) bond motifs is 1. The van der Waals surface area contributed by atoms with Gasteiger partial charge in [0.1, 0.15) is 0 Å². The van der Waals surface area contributed by atoms with Crippen molar-refractivity contribution in [3.8, 4) is 11.3 Å². The van der Waals surface area contributed by atoms with Gasteiger partial charge in [0.2, 0.25) is 0 Å². The first kappa shape index (κ1) is 17.8. The fraction of sp³-hybridized carbons (Fsp3) is 0.190. The molecule has 2 aromatic heterocycles. The summed E-state index contributed by atoms with van der Waals surface area (Å²) in [7, 11) is 0. The van der Waals surface area contributed by atoms with Crippen LogP contribution in [0.25, 0.3) is 22.3 Å². The number of nitrogens with one attached hydrogen (secondary N) is 3. The molecule has 146 valence electrons. The van der Waals surface area contributed by atoms with Crippen LogP contribution in [-0.4, -0.2) is 45.2 Å². The zero-order chi connectivity index (χ0) is 19.8. The Hall–Kier alpha value is -3.32. The summed E-state index contributed by atoms with van der Waals surface area (Å²) >= 11 is 5.96. The number of benzene rings is 2. The van der Waals surface area contributed by atoms with E-state index in [0.29, 0.717) is 10.6 Å². The van der Waals surface area contributed by atoms with Gasteiger partial charge >= 0.3 is 0 Å². The average molecular weight is 407 g/mol. The van der Waals surface area contributed by atoms with Crippen molar-refractivity contribution < 1.29 is 4.79 Å². The standard InChI is InChI=1S/C21H19ClN6O/c22-15-4-1-13(2-5-15)18-10-20(27-26-18)28-8-7-16(11-28)25-21(29)14-3-6-17-19(9-14)24-12-23-17/h1-6,9-10,12,16H,7-8,11H2,(H,23,24)(H,25,29)(H,26,27)/t16-/m1/s1. The summed E-state index contributed by atoms with van der Waals surface area (Å²) in [6, 6.07) is 15.2. The third-order valence-corrected chi connectivity index (χ3v) is 5.50. The highest BCUT2D eigenvalue weighted by Gasteiger charge is 2.26. The van der Waals surface area contributed by atoms with Crippen LogP contribution in [0.1, 0.15) is 16.8 Å². The number of rotatable bonds is 4. The van der Waals surface area contributed by atoms with Crippen molar-refractivity contribution in [2.24, 2.45) is 0 Å². The zero-order valence-corrected chi connectivity index (χ0v) is 16.3. The van der Waals surface area contributed by atoms with Crippen molar-refractivity contribution >= 4 is 34.4 Å². The molecule has 1 atom stereocenters. The molecular formula is C21H19ClN6O. The van der Waals surface area contributed by atoms with Crippen molar-refractivity contribution in [1.82, 2.24) is 25.5 Å². The first-order chi connectivity index (χ1) is 14.2. The van der Waals surface area contributed by atoms with Gasteiger partial charge in [0.05, 0.1) is 23.1 Å². The van der Waals surface area contributed by atoms with Crippen molar-refractivity contribution in [2.45, 2.75) is 12.5 Å². The Balaban J connectivity index is 1.24. The second-order valence-corrected chi connectivity index (χ2v) is 7.62. The molecule has 0 unspecified atom stereocenters. The number of halogens is 1. The number of hydrogen-bond donors (Lipinski definition) is 3. The topological polar surface area (TPSA) is 89.7 Å². The van der Waals surface area contributed by atoms with Gasteiger partial charge in [0.25, 0.3) is 5.91 Å². The van der Waals surface area contributed by atoms with Crippen molar-refractivity contribution in [1.29, 1.82) is 0 Å². The summed E-state index contributed by atoms with van der Waals surface area (Å²) in [4.78, 5) is 22.0. The number of carbonyl (C=O) groups excluding carboxylic acids is 1. The number of nitrogens with zero attached hydrogens (tertiary/aromatic N) is 3. The predicted octanol–water partition coefficient (Wildman–Crippen LogP) is 3.62. The maximum absolute atomic E-state index is 12.6. The van der Waals surface area contributed by atoms with Crippen LogP contribution in [-0.2, 0) is 0 Å². The maximum atomic E-state index is 12.6. The molecule has 29 heavy (non-hydrogen) atoms. The molecule has 1 fully saturated rings. The van der Waals surface area contributed by atoms with Gasteiger partial charge in [-0.25, -0.2) is 4.98 Å². The third-order valence-electron chi connectivity index (χ3n) is 5.25. The summed E-state index contributed by atoms with van der Waals surface area (Å²) in [5.74, 6) is 0.808. The second kappa shape index (κ2) is 7.25. The van der Waals surface area contributed by atoms with Crippen LogP contribution >= 0.6 is 11.6 Å². The Bertz CT molecular complexity index is 1170. The lowest BCUT2D eigenvalue weighted by Crippen LogP contribution is -2.37. The Morgan fingerprint density at radius 3 is 2.90 bits per heavy atom. The van der Waals surface area contributed by atoms with E-state index in [2.05, 4.69) is 30.4 Å². The number of H-pyrrole nitrogens is 2. The Morgan fingerprint density at radius 2 is 2.03 bits per heavy atom. The molecule has 1 saturated heterocycles. The summed E-state index contributed by atoms with van der Waals surface area (Å²) in [5.41, 5.74) is 4.31. The van der Waals surface area contributed by atoms with E-state index in [1.54, 1.807) is 12.4 Å². The molecule has 1 amide bonds. The first-order valence-electron chi connectivity index (χ1n) is 9.46. The summed E-state index contributed by atoms with van der Waals surface area (Å²) < 4.78 is 0. The smallest absolute Gasteiger partial charge is 0.251 e. The molecular weight excluding hydrogens is 388 g/mol. The number of imidazole rings is 1. The van der Waals surface area contributed by atoms with Crippen molar-refractivity contribution in [3.05, 3.63) is 65.4 Å². The van der Waals surface area contributed by atoms with Gasteiger partial charge in [-0.1, -0.05) is 23.7 Å². The minimum atomic E-state index is -0.0720. The normalized spacial score (nSPS) is 16.4. The molecule has 4 aromatic rings. The van der Waals surface area contributed by atoms with E-state index in [-0.39, 0.29) is 11.9 Å². The van der Waals surface area contributed by atoms with Gasteiger partial charge in [-0.05, 0) is 42.3 Å². The number of anilines is 1. The van der Waals surface area contributed by atoms with Gasteiger partial charge in [0.15, 0.2) is 5.82 Å². The lowest BCUT2D eigenvalue weighted by Gasteiger charge is -2.16. The highest BCUT2D eigenvalue weighted by molar-refractivity contribution is 6.30. The van der Waals surface area contributed by atoms with Crippen LogP contribution in [0.2, 0.25) is 5.02 Å². The lowest BCUT2D eigenvalue weighted by atomic mass is 10.1. The van der Waals surface area contributed by atoms with Crippen LogP contribution < -0.4 is 10.2 Å². The Morgan fingerprint density at radius 1 is 1.17 bits per heavy atom. The van der Waals surface area contributed by atoms with E-state index in [1.165, 1.54) is 0 Å². The number of hydrogen-bond acceptors (Lipinski definition) is 4. The average Bonchev–Trinajstić information content (AvgIpc) is 3.48. The fourth-order valence-corrected chi connectivity index (χ4v) is 3.81. The minimum absolute atomic E-state index is 0.0720. The number of aromatic amines is 2. The van der Waals surface area contributed by atoms with Crippen LogP contribution in [0, 0.1) is 0 Å². The van der Waals surface area contributed by atoms with Gasteiger partial charge in [-0.2, -0.15) is 5.10 Å². The van der Waals surface area contributed by atoms with Crippen molar-refractivity contribution in [2.75, 3.05) is 18.0 Å². The van der Waals surface area contributed by atoms with E-state index in [1.807, 2.05) is 42.5 Å². The SMILES string of the molecule is O=C(N[C@@H]1CCN(c2cc(-c3ccc(Cl)cc3)[nH]n2)C1)c1ccc2nc[nH]c2c1. The number of carbonyl (C=O) groups is 1. The summed E-state index contributed by atoms with van der Waals surface area (Å²) in [5, 5.41) is 11.4. The molecule has 3 heterocycles. The van der Waals surface area contributed by atoms with Crippen molar-refractivity contribution in [3.63, 3.8) is 0 Å². The molecule has 1 aliphatic heterocycles. The summed E-state index contributed by atoms with van der Waals surface area (Å²) in [6.45, 7) is 1.57. The molecule has 1 aliphatic rings. The molecule has 5 rings (SSSR count). The fourth-order valence-electron chi connectivity index (χ4n) is 3.68. The largest absolute Gasteiger partial charge is 0.353 e. The highest BCUT2D eigenvalue weighted by Crippen LogP contribution is 2.25. The molecule has 0 radical (unpaired) electrons. The maximum Gasteiger partial charge on any atom is 0.251 e. The molecule has 0 bridgehead atoms. The van der Waals surface area contributed by atoms with Crippen LogP contribution in [0.15, 0.2) is 54.9 Å². The quantitative estimate of drug-likeness (QED) is 0.483. The number of aromatic nitrogens is 4. The van der Waals surface area contributed by atoms with Gasteiger partial charge in [0, 0.05) is 35.8 Å². The molecule has 7 nitrogen and oxygen atoms in total. The van der Waals surface area contributed by atoms with Crippen LogP contribution in [0.3, 0.4) is 0 Å². The van der Waals surface area contributed by atoms with E-state index in [0.717, 1.165) is 47.6 Å². The van der Waals surface area contributed by atoms with Gasteiger partial charge < -0.3 is 15.2 Å². The molecule has 0 saturated carbocycles. The first-order valence-corrected chi connectivity index (χ1v) is 9.84. The zero-order valence-electron chi connectivity index (χ0n) is 15.5. The van der Waals surface area contributed by atoms with Crippen LogP contribution in [0.5, 0.6) is 0 Å². The van der Waals surface area contributed by atoms with E-state index < -0.39 is 0 Å². The molecule has 0 spiro atoms. The van der Waals surface area contributed by atoms with E-state index in [9.17, 15) is 4.79 Å². The highest BCUT2D eigenvalue weighted by atomic mass is 35.5. The molecule has 8 heteroatoms. The second-order valence-electron chi connectivity index (χ2n) is 7.19. The third kappa shape index (κ3) is 3.56. The molecule has 3 N–H and O–H groups in total. The minimum Gasteiger partial charge on any atom is -0.353 e. The van der Waals surface area contributed by atoms with Gasteiger partial charge in [-0.3, -0.25) is 9.89 Å². The summed E-state index contributed by atoms with van der Waals surface area (Å²) in [6.07, 6.45) is 2.50. The Labute approximate surface area is 172 Å². The Kier molecular flexibility index (Phi) is 4.44. The lowest BCUT2D eigenvalue weighted by molar-refractivity contribution is 0.0940. The van der Waals surface area contributed by atoms with E-state index in [4.69, 9.17) is 11.6 Å². The van der Waals surface area contributed by atoms with Crippen LogP contribution in [0.4, 0.5) is 5.82 Å². The number of amides is 1. The molecule has 0 aliphatic carbocycles. The predicted molar refractivity (Wildman–Crippen MR) is 113 cm³/mol. The van der Waals surface area contributed by atoms with E-state index >= 15 is 0 Å². The van der Waals surface area contributed by atoms with Gasteiger partial charge in [-0.15, -0.1) is 0 Å². The monoisotopic (exact) mass is 406 g/mol. The molecule has 2 aromatic carbocycles.